The maximum absolute atomic E-state index is 10.2. The van der Waals surface area contributed by atoms with E-state index in [2.05, 4.69) is 0 Å². The van der Waals surface area contributed by atoms with E-state index in [0.717, 1.165) is 6.21 Å². The molecule has 0 aromatic carbocycles. The van der Waals surface area contributed by atoms with Gasteiger partial charge in [-0.3, -0.25) is 4.79 Å². The molecule has 3 N–H and O–H groups in total. The molecule has 0 heterocycles. The van der Waals surface area contributed by atoms with Gasteiger partial charge in [0, 0.05) is 11.9 Å². The van der Waals surface area contributed by atoms with Crippen LogP contribution in [-0.4, -0.2) is 23.0 Å². The van der Waals surface area contributed by atoms with Gasteiger partial charge >= 0.3 is 5.97 Å². The molecule has 1 unspecified atom stereocenters. The van der Waals surface area contributed by atoms with Crippen LogP contribution in [0.2, 0.25) is 0 Å². The second kappa shape index (κ2) is 3.76. The molecule has 0 spiro atoms. The van der Waals surface area contributed by atoms with Crippen molar-refractivity contribution in [2.24, 2.45) is 5.92 Å². The first kappa shape index (κ1) is 8.81. The topological polar surface area (TPSA) is 85.0 Å². The molecule has 4 heteroatoms. The number of aliphatic carboxylic acids is 1. The molecule has 0 fully saturated rings. The van der Waals surface area contributed by atoms with E-state index in [4.69, 9.17) is 15.9 Å². The number of nitrogens with one attached hydrogen (secondary N) is 2. The van der Waals surface area contributed by atoms with E-state index >= 15 is 0 Å². The van der Waals surface area contributed by atoms with E-state index in [-0.39, 0.29) is 5.71 Å². The lowest BCUT2D eigenvalue weighted by atomic mass is 10.0. The van der Waals surface area contributed by atoms with E-state index < -0.39 is 11.9 Å². The molecule has 4 nitrogen and oxygen atoms in total. The Bertz CT molecular complexity index is 165. The highest BCUT2D eigenvalue weighted by atomic mass is 16.4. The quantitative estimate of drug-likeness (QED) is 0.506. The number of carbonyl (C=O) groups is 1. The number of hydrogen-bond acceptors (Lipinski definition) is 3. The van der Waals surface area contributed by atoms with E-state index in [1.807, 2.05) is 0 Å². The van der Waals surface area contributed by atoms with Gasteiger partial charge in [0.2, 0.25) is 0 Å². The van der Waals surface area contributed by atoms with E-state index in [9.17, 15) is 4.79 Å². The van der Waals surface area contributed by atoms with E-state index in [1.165, 1.54) is 0 Å². The van der Waals surface area contributed by atoms with Gasteiger partial charge in [0.15, 0.2) is 0 Å². The summed E-state index contributed by atoms with van der Waals surface area (Å²) in [5, 5.41) is 22.2. The van der Waals surface area contributed by atoms with Crippen LogP contribution in [0.1, 0.15) is 13.3 Å². The van der Waals surface area contributed by atoms with Crippen LogP contribution in [0.3, 0.4) is 0 Å². The van der Waals surface area contributed by atoms with Gasteiger partial charge in [-0.25, -0.2) is 0 Å². The minimum Gasteiger partial charge on any atom is -0.480 e. The zero-order chi connectivity index (χ0) is 8.15. The lowest BCUT2D eigenvalue weighted by Gasteiger charge is -2.03. The maximum Gasteiger partial charge on any atom is 0.317 e. The van der Waals surface area contributed by atoms with Crippen LogP contribution >= 0.6 is 0 Å². The zero-order valence-corrected chi connectivity index (χ0v) is 5.72. The van der Waals surface area contributed by atoms with Crippen LogP contribution in [0.5, 0.6) is 0 Å². The average Bonchev–Trinajstić information content (AvgIpc) is 1.88. The van der Waals surface area contributed by atoms with Crippen LogP contribution in [-0.2, 0) is 4.79 Å². The summed E-state index contributed by atoms with van der Waals surface area (Å²) in [6.07, 6.45) is 1.15. The molecule has 10 heavy (non-hydrogen) atoms. The first-order chi connectivity index (χ1) is 4.63. The van der Waals surface area contributed by atoms with Crippen molar-refractivity contribution >= 4 is 17.9 Å². The van der Waals surface area contributed by atoms with E-state index in [1.54, 1.807) is 6.92 Å². The third kappa shape index (κ3) is 1.97. The molecule has 0 saturated carbocycles. The molecular formula is C6H10N2O2. The van der Waals surface area contributed by atoms with Crippen molar-refractivity contribution in [2.45, 2.75) is 13.3 Å². The Hall–Kier alpha value is -1.19. The van der Waals surface area contributed by atoms with Crippen LogP contribution in [0.4, 0.5) is 0 Å². The maximum atomic E-state index is 10.2. The van der Waals surface area contributed by atoms with Gasteiger partial charge in [-0.05, 0) is 6.42 Å². The van der Waals surface area contributed by atoms with Crippen molar-refractivity contribution in [3.63, 3.8) is 0 Å². The summed E-state index contributed by atoms with van der Waals surface area (Å²) in [6, 6.07) is 0. The first-order valence-corrected chi connectivity index (χ1v) is 2.94. The third-order valence-corrected chi connectivity index (χ3v) is 1.19. The highest BCUT2D eigenvalue weighted by Gasteiger charge is 2.17. The highest BCUT2D eigenvalue weighted by Crippen LogP contribution is 1.98. The zero-order valence-electron chi connectivity index (χ0n) is 5.72. The molecule has 0 amide bonds. The second-order valence-electron chi connectivity index (χ2n) is 1.86. The molecule has 0 bridgehead atoms. The Labute approximate surface area is 58.9 Å². The summed E-state index contributed by atoms with van der Waals surface area (Å²) >= 11 is 0. The lowest BCUT2D eigenvalue weighted by molar-refractivity contribution is -0.137. The Balaban J connectivity index is 4.20. The molecule has 0 aromatic heterocycles. The fourth-order valence-corrected chi connectivity index (χ4v) is 0.541. The third-order valence-electron chi connectivity index (χ3n) is 1.19. The fraction of sp³-hybridized carbons (Fsp3) is 0.500. The standard InChI is InChI=1S/C6H10N2O2/c1-2-5(8)4(3-7)6(9)10/h3-4,7-8H,2H2,1H3,(H,9,10). The predicted octanol–water partition coefficient (Wildman–Crippen LogP) is 0.767. The molecular weight excluding hydrogens is 132 g/mol. The van der Waals surface area contributed by atoms with Gasteiger partial charge in [-0.15, -0.1) is 0 Å². The van der Waals surface area contributed by atoms with Gasteiger partial charge in [0.1, 0.15) is 5.92 Å². The normalized spacial score (nSPS) is 12.1. The molecule has 0 rings (SSSR count). The van der Waals surface area contributed by atoms with Crippen LogP contribution in [0, 0.1) is 16.7 Å². The van der Waals surface area contributed by atoms with Crippen molar-refractivity contribution in [1.29, 1.82) is 10.8 Å². The minimum atomic E-state index is -1.12. The van der Waals surface area contributed by atoms with Gasteiger partial charge in [0.05, 0.1) is 0 Å². The largest absolute Gasteiger partial charge is 0.480 e. The van der Waals surface area contributed by atoms with Crippen LogP contribution in [0.25, 0.3) is 0 Å². The molecule has 56 valence electrons. The number of rotatable bonds is 4. The summed E-state index contributed by atoms with van der Waals surface area (Å²) < 4.78 is 0. The Morgan fingerprint density at radius 2 is 2.30 bits per heavy atom. The first-order valence-electron chi connectivity index (χ1n) is 2.94. The highest BCUT2D eigenvalue weighted by molar-refractivity contribution is 6.11. The van der Waals surface area contributed by atoms with Crippen LogP contribution in [0.15, 0.2) is 0 Å². The minimum absolute atomic E-state index is 0.0718. The van der Waals surface area contributed by atoms with Crippen molar-refractivity contribution in [2.75, 3.05) is 0 Å². The SMILES string of the molecule is CCC(=N)C(C=N)C(=O)O. The Morgan fingerprint density at radius 1 is 1.80 bits per heavy atom. The summed E-state index contributed by atoms with van der Waals surface area (Å²) in [6.45, 7) is 1.70. The smallest absolute Gasteiger partial charge is 0.317 e. The number of carboxylic acid groups (broad SMARTS) is 1. The van der Waals surface area contributed by atoms with Crippen molar-refractivity contribution in [3.8, 4) is 0 Å². The molecule has 1 atom stereocenters. The average molecular weight is 142 g/mol. The molecule has 0 radical (unpaired) electrons. The molecule has 0 aliphatic rings. The summed E-state index contributed by atoms with van der Waals surface area (Å²) in [5.41, 5.74) is 0.0718. The number of carboxylic acids is 1. The monoisotopic (exact) mass is 142 g/mol. The van der Waals surface area contributed by atoms with Crippen molar-refractivity contribution in [3.05, 3.63) is 0 Å². The lowest BCUT2D eigenvalue weighted by Crippen LogP contribution is -2.23. The number of hydrogen-bond donors (Lipinski definition) is 3. The van der Waals surface area contributed by atoms with Gasteiger partial charge in [-0.2, -0.15) is 0 Å². The Morgan fingerprint density at radius 3 is 2.40 bits per heavy atom. The Kier molecular flexibility index (Phi) is 3.32. The summed E-state index contributed by atoms with van der Waals surface area (Å²) in [5.74, 6) is -2.15. The van der Waals surface area contributed by atoms with Crippen molar-refractivity contribution in [1.82, 2.24) is 0 Å². The molecule has 0 aromatic rings. The van der Waals surface area contributed by atoms with Crippen LogP contribution < -0.4 is 0 Å². The predicted molar refractivity (Wildman–Crippen MR) is 37.9 cm³/mol. The van der Waals surface area contributed by atoms with Gasteiger partial charge < -0.3 is 15.9 Å². The molecule has 0 saturated heterocycles. The van der Waals surface area contributed by atoms with Gasteiger partial charge in [-0.1, -0.05) is 6.92 Å². The van der Waals surface area contributed by atoms with Gasteiger partial charge in [0.25, 0.3) is 0 Å². The molecule has 0 aliphatic carbocycles. The van der Waals surface area contributed by atoms with E-state index in [0.29, 0.717) is 6.42 Å². The molecule has 0 aliphatic heterocycles. The fourth-order valence-electron chi connectivity index (χ4n) is 0.541. The summed E-state index contributed by atoms with van der Waals surface area (Å²) in [4.78, 5) is 10.2. The second-order valence-corrected chi connectivity index (χ2v) is 1.86. The summed E-state index contributed by atoms with van der Waals surface area (Å²) in [7, 11) is 0. The van der Waals surface area contributed by atoms with Crippen molar-refractivity contribution < 1.29 is 9.90 Å².